The van der Waals surface area contributed by atoms with Crippen LogP contribution in [0, 0.1) is 18.3 Å². The molecule has 1 aromatic rings. The van der Waals surface area contributed by atoms with Crippen molar-refractivity contribution in [2.24, 2.45) is 0 Å². The monoisotopic (exact) mass is 246 g/mol. The Morgan fingerprint density at radius 3 is 2.50 bits per heavy atom. The molecule has 0 aliphatic heterocycles. The van der Waals surface area contributed by atoms with Gasteiger partial charge in [0.05, 0.1) is 13.2 Å². The van der Waals surface area contributed by atoms with Gasteiger partial charge in [0.1, 0.15) is 11.3 Å². The molecule has 0 saturated carbocycles. The van der Waals surface area contributed by atoms with Crippen molar-refractivity contribution in [2.45, 2.75) is 32.2 Å². The fraction of sp³-hybridized carbons (Fsp3) is 0.533. The van der Waals surface area contributed by atoms with Gasteiger partial charge in [-0.3, -0.25) is 4.90 Å². The zero-order valence-electron chi connectivity index (χ0n) is 11.9. The second-order valence-electron chi connectivity index (χ2n) is 5.08. The molecule has 0 N–H and O–H groups in total. The van der Waals surface area contributed by atoms with E-state index in [1.807, 2.05) is 38.9 Å². The van der Waals surface area contributed by atoms with E-state index in [1.54, 1.807) is 7.11 Å². The highest BCUT2D eigenvalue weighted by Crippen LogP contribution is 2.22. The van der Waals surface area contributed by atoms with Gasteiger partial charge in [0, 0.05) is 0 Å². The van der Waals surface area contributed by atoms with E-state index in [9.17, 15) is 5.26 Å². The number of hydrogen-bond donors (Lipinski definition) is 0. The average molecular weight is 246 g/mol. The Balaban J connectivity index is 2.75. The summed E-state index contributed by atoms with van der Waals surface area (Å²) in [4.78, 5) is 1.98. The van der Waals surface area contributed by atoms with E-state index in [2.05, 4.69) is 18.2 Å². The zero-order chi connectivity index (χ0) is 13.8. The minimum atomic E-state index is -0.409. The largest absolute Gasteiger partial charge is 0.496 e. The molecule has 0 saturated heterocycles. The summed E-state index contributed by atoms with van der Waals surface area (Å²) in [6, 6.07) is 8.58. The fourth-order valence-electron chi connectivity index (χ4n) is 1.86. The molecular weight excluding hydrogens is 224 g/mol. The summed E-state index contributed by atoms with van der Waals surface area (Å²) in [7, 11) is 5.58. The Hall–Kier alpha value is -1.53. The maximum absolute atomic E-state index is 9.26. The van der Waals surface area contributed by atoms with Crippen LogP contribution in [0.15, 0.2) is 18.2 Å². The predicted molar refractivity (Wildman–Crippen MR) is 73.8 cm³/mol. The van der Waals surface area contributed by atoms with Gasteiger partial charge in [-0.15, -0.1) is 0 Å². The van der Waals surface area contributed by atoms with Crippen molar-refractivity contribution < 1.29 is 4.74 Å². The van der Waals surface area contributed by atoms with E-state index >= 15 is 0 Å². The van der Waals surface area contributed by atoms with Crippen molar-refractivity contribution >= 4 is 0 Å². The number of benzene rings is 1. The Morgan fingerprint density at radius 1 is 1.39 bits per heavy atom. The molecule has 1 unspecified atom stereocenters. The smallest absolute Gasteiger partial charge is 0.121 e. The highest BCUT2D eigenvalue weighted by Gasteiger charge is 2.25. The van der Waals surface area contributed by atoms with Gasteiger partial charge in [0.15, 0.2) is 0 Å². The summed E-state index contributed by atoms with van der Waals surface area (Å²) in [6.07, 6.45) is 1.72. The third-order valence-electron chi connectivity index (χ3n) is 3.59. The summed E-state index contributed by atoms with van der Waals surface area (Å²) in [5.74, 6) is 0.911. The van der Waals surface area contributed by atoms with Gasteiger partial charge in [0.2, 0.25) is 0 Å². The third kappa shape index (κ3) is 3.24. The number of rotatable bonds is 5. The lowest BCUT2D eigenvalue weighted by molar-refractivity contribution is 0.224. The van der Waals surface area contributed by atoms with Crippen LogP contribution in [0.3, 0.4) is 0 Å². The van der Waals surface area contributed by atoms with E-state index in [-0.39, 0.29) is 0 Å². The van der Waals surface area contributed by atoms with Crippen molar-refractivity contribution in [1.82, 2.24) is 4.90 Å². The number of ether oxygens (including phenoxy) is 1. The maximum Gasteiger partial charge on any atom is 0.121 e. The highest BCUT2D eigenvalue weighted by atomic mass is 16.5. The van der Waals surface area contributed by atoms with Crippen LogP contribution in [0.1, 0.15) is 24.5 Å². The first-order valence-electron chi connectivity index (χ1n) is 6.15. The van der Waals surface area contributed by atoms with Crippen molar-refractivity contribution in [1.29, 1.82) is 5.26 Å². The molecular formula is C15H22N2O. The first-order valence-corrected chi connectivity index (χ1v) is 6.15. The Bertz CT molecular complexity index is 448. The Morgan fingerprint density at radius 2 is 2.06 bits per heavy atom. The van der Waals surface area contributed by atoms with Crippen molar-refractivity contribution in [3.63, 3.8) is 0 Å². The summed E-state index contributed by atoms with van der Waals surface area (Å²) in [6.45, 7) is 4.02. The lowest BCUT2D eigenvalue weighted by atomic mass is 9.93. The van der Waals surface area contributed by atoms with Crippen LogP contribution in [0.25, 0.3) is 0 Å². The number of methoxy groups -OCH3 is 1. The van der Waals surface area contributed by atoms with Gasteiger partial charge in [-0.2, -0.15) is 5.26 Å². The lowest BCUT2D eigenvalue weighted by Gasteiger charge is -2.29. The predicted octanol–water partition coefficient (Wildman–Crippen LogP) is 2.78. The highest BCUT2D eigenvalue weighted by molar-refractivity contribution is 5.36. The first kappa shape index (κ1) is 14.5. The summed E-state index contributed by atoms with van der Waals surface area (Å²) < 4.78 is 5.24. The van der Waals surface area contributed by atoms with Crippen LogP contribution in [0.4, 0.5) is 0 Å². The lowest BCUT2D eigenvalue weighted by Crippen LogP contribution is -2.40. The molecule has 18 heavy (non-hydrogen) atoms. The molecule has 3 heteroatoms. The second kappa shape index (κ2) is 5.88. The van der Waals surface area contributed by atoms with E-state index in [4.69, 9.17) is 4.74 Å². The van der Waals surface area contributed by atoms with Crippen molar-refractivity contribution in [3.8, 4) is 11.8 Å². The van der Waals surface area contributed by atoms with Crippen LogP contribution in [-0.2, 0) is 6.42 Å². The van der Waals surface area contributed by atoms with Gasteiger partial charge in [-0.1, -0.05) is 12.1 Å². The molecule has 1 aromatic carbocycles. The minimum absolute atomic E-state index is 0.409. The zero-order valence-corrected chi connectivity index (χ0v) is 11.9. The SMILES string of the molecule is COc1ccc(CCC(C)(C#N)N(C)C)cc1C. The number of nitrogens with zero attached hydrogens (tertiary/aromatic N) is 2. The molecule has 0 bridgehead atoms. The summed E-state index contributed by atoms with van der Waals surface area (Å²) in [5.41, 5.74) is 1.98. The molecule has 0 aromatic heterocycles. The second-order valence-corrected chi connectivity index (χ2v) is 5.08. The van der Waals surface area contributed by atoms with Crippen molar-refractivity contribution in [3.05, 3.63) is 29.3 Å². The fourth-order valence-corrected chi connectivity index (χ4v) is 1.86. The minimum Gasteiger partial charge on any atom is -0.496 e. The molecule has 98 valence electrons. The van der Waals surface area contributed by atoms with E-state index in [1.165, 1.54) is 5.56 Å². The van der Waals surface area contributed by atoms with Crippen LogP contribution in [0.2, 0.25) is 0 Å². The molecule has 3 nitrogen and oxygen atoms in total. The van der Waals surface area contributed by atoms with Crippen LogP contribution >= 0.6 is 0 Å². The molecule has 0 aliphatic carbocycles. The normalized spacial score (nSPS) is 14.1. The van der Waals surface area contributed by atoms with E-state index in [0.717, 1.165) is 24.2 Å². The van der Waals surface area contributed by atoms with Crippen LogP contribution in [0.5, 0.6) is 5.75 Å². The van der Waals surface area contributed by atoms with Gasteiger partial charge >= 0.3 is 0 Å². The van der Waals surface area contributed by atoms with Crippen LogP contribution in [-0.4, -0.2) is 31.6 Å². The molecule has 0 fully saturated rings. The molecule has 0 radical (unpaired) electrons. The summed E-state index contributed by atoms with van der Waals surface area (Å²) in [5, 5.41) is 9.26. The van der Waals surface area contributed by atoms with Crippen LogP contribution < -0.4 is 4.74 Å². The number of nitriles is 1. The van der Waals surface area contributed by atoms with Gasteiger partial charge in [-0.05, 0) is 58.0 Å². The van der Waals surface area contributed by atoms with E-state index < -0.39 is 5.54 Å². The third-order valence-corrected chi connectivity index (χ3v) is 3.59. The topological polar surface area (TPSA) is 36.3 Å². The van der Waals surface area contributed by atoms with Gasteiger partial charge in [0.25, 0.3) is 0 Å². The molecule has 1 atom stereocenters. The molecule has 1 rings (SSSR count). The van der Waals surface area contributed by atoms with Crippen molar-refractivity contribution in [2.75, 3.05) is 21.2 Å². The maximum atomic E-state index is 9.26. The summed E-state index contributed by atoms with van der Waals surface area (Å²) >= 11 is 0. The number of hydrogen-bond acceptors (Lipinski definition) is 3. The quantitative estimate of drug-likeness (QED) is 0.801. The molecule has 0 amide bonds. The first-order chi connectivity index (χ1) is 8.42. The standard InChI is InChI=1S/C15H22N2O/c1-12-10-13(6-7-14(12)18-5)8-9-15(2,11-16)17(3)4/h6-7,10H,8-9H2,1-5H3. The number of aryl methyl sites for hydroxylation is 2. The van der Waals surface area contributed by atoms with Gasteiger partial charge < -0.3 is 4.74 Å². The Labute approximate surface area is 110 Å². The van der Waals surface area contributed by atoms with Gasteiger partial charge in [-0.25, -0.2) is 0 Å². The Kier molecular flexibility index (Phi) is 4.75. The van der Waals surface area contributed by atoms with E-state index in [0.29, 0.717) is 0 Å². The molecule has 0 spiro atoms. The molecule has 0 aliphatic rings. The average Bonchev–Trinajstić information content (AvgIpc) is 2.35. The molecule has 0 heterocycles.